The number of piperazine rings is 1. The molecule has 0 bridgehead atoms. The van der Waals surface area contributed by atoms with Crippen LogP contribution in [0.3, 0.4) is 0 Å². The van der Waals surface area contributed by atoms with Gasteiger partial charge in [-0.15, -0.1) is 10.2 Å². The van der Waals surface area contributed by atoms with Crippen molar-refractivity contribution in [3.63, 3.8) is 0 Å². The topological polar surface area (TPSA) is 196 Å². The van der Waals surface area contributed by atoms with E-state index < -0.39 is 5.92 Å². The summed E-state index contributed by atoms with van der Waals surface area (Å²) in [6, 6.07) is 20.0. The number of benzene rings is 3. The van der Waals surface area contributed by atoms with E-state index >= 15 is 0 Å². The standard InChI is InChI=1S/C43H44ClN9O6/c44-33-24-29(10-7-26(33)25-45)58-28-11-8-27(9-12-28)46-43(57)35-15-17-37(50-49-35)53-22-20-52(21-23-53)19-2-1-6-38(54)47-34-5-3-4-31-30(34)13-16-36-40(31)41(51-59-36)32-14-18-39(55)48-42(32)56/h3-5,7,10,13,15-17,24,27-28,32H,1-2,6,8-9,11-12,14,18-23H2,(H,46,57)(H,47,54)(H,48,55,56). The minimum Gasteiger partial charge on any atom is -0.490 e. The Morgan fingerprint density at radius 2 is 1.78 bits per heavy atom. The molecule has 16 heteroatoms. The highest BCUT2D eigenvalue weighted by Crippen LogP contribution is 2.37. The van der Waals surface area contributed by atoms with Crippen LogP contribution in [0.1, 0.15) is 85.5 Å². The second-order valence-electron chi connectivity index (χ2n) is 15.3. The molecule has 3 aromatic carbocycles. The van der Waals surface area contributed by atoms with Crippen LogP contribution in [0.25, 0.3) is 21.7 Å². The van der Waals surface area contributed by atoms with Crippen LogP contribution in [0.15, 0.2) is 65.2 Å². The van der Waals surface area contributed by atoms with Crippen LogP contribution in [-0.4, -0.2) is 88.8 Å². The quantitative estimate of drug-likeness (QED) is 0.100. The Bertz CT molecular complexity index is 2420. The summed E-state index contributed by atoms with van der Waals surface area (Å²) in [7, 11) is 0. The second-order valence-corrected chi connectivity index (χ2v) is 15.7. The smallest absolute Gasteiger partial charge is 0.272 e. The number of nitrogens with one attached hydrogen (secondary N) is 3. The first-order valence-electron chi connectivity index (χ1n) is 20.1. The fourth-order valence-electron chi connectivity index (χ4n) is 8.21. The van der Waals surface area contributed by atoms with E-state index in [9.17, 15) is 19.2 Å². The van der Waals surface area contributed by atoms with Gasteiger partial charge in [-0.2, -0.15) is 5.26 Å². The number of carbonyl (C=O) groups excluding carboxylic acids is 4. The zero-order chi connectivity index (χ0) is 40.9. The van der Waals surface area contributed by atoms with E-state index in [0.29, 0.717) is 51.5 Å². The third-order valence-corrected chi connectivity index (χ3v) is 11.8. The van der Waals surface area contributed by atoms with E-state index in [2.05, 4.69) is 41.1 Å². The van der Waals surface area contributed by atoms with Crippen molar-refractivity contribution in [2.75, 3.05) is 42.9 Å². The number of anilines is 2. The summed E-state index contributed by atoms with van der Waals surface area (Å²) in [5, 5.41) is 33.2. The van der Waals surface area contributed by atoms with Crippen LogP contribution < -0.4 is 25.6 Å². The summed E-state index contributed by atoms with van der Waals surface area (Å²) in [4.78, 5) is 54.9. The highest BCUT2D eigenvalue weighted by Gasteiger charge is 2.33. The summed E-state index contributed by atoms with van der Waals surface area (Å²) in [6.07, 6.45) is 5.75. The number of hydrogen-bond acceptors (Lipinski definition) is 12. The molecule has 0 spiro atoms. The molecule has 8 rings (SSSR count). The van der Waals surface area contributed by atoms with Gasteiger partial charge in [0.2, 0.25) is 17.7 Å². The number of aromatic nitrogens is 3. The molecule has 59 heavy (non-hydrogen) atoms. The van der Waals surface area contributed by atoms with E-state index in [1.54, 1.807) is 30.3 Å². The zero-order valence-electron chi connectivity index (χ0n) is 32.4. The third-order valence-electron chi connectivity index (χ3n) is 11.4. The SMILES string of the molecule is N#Cc1ccc(OC2CCC(NC(=O)c3ccc(N4CCN(CCCCC(=O)Nc5cccc6c5ccc5onc(C7CCC(=O)NC7=O)c56)CC4)nn3)CC2)cc1Cl. The molecule has 1 unspecified atom stereocenters. The Labute approximate surface area is 345 Å². The maximum atomic E-state index is 13.1. The van der Waals surface area contributed by atoms with Crippen LogP contribution in [0.4, 0.5) is 11.5 Å². The minimum absolute atomic E-state index is 0.0152. The first-order valence-corrected chi connectivity index (χ1v) is 20.5. The molecule has 3 fully saturated rings. The summed E-state index contributed by atoms with van der Waals surface area (Å²) in [5.41, 5.74) is 2.41. The van der Waals surface area contributed by atoms with Gasteiger partial charge in [0.1, 0.15) is 17.5 Å². The molecular weight excluding hydrogens is 774 g/mol. The van der Waals surface area contributed by atoms with Gasteiger partial charge in [-0.1, -0.05) is 28.9 Å². The van der Waals surface area contributed by atoms with E-state index in [4.69, 9.17) is 26.1 Å². The normalized spacial score (nSPS) is 19.9. The van der Waals surface area contributed by atoms with Crippen molar-refractivity contribution < 1.29 is 28.4 Å². The van der Waals surface area contributed by atoms with Gasteiger partial charge in [0, 0.05) is 62.2 Å². The minimum atomic E-state index is -0.588. The molecule has 2 aliphatic heterocycles. The average molecular weight is 818 g/mol. The molecule has 2 saturated heterocycles. The van der Waals surface area contributed by atoms with Crippen molar-refractivity contribution >= 4 is 68.5 Å². The van der Waals surface area contributed by atoms with Crippen LogP contribution in [0, 0.1) is 11.3 Å². The number of imide groups is 1. The molecule has 1 atom stereocenters. The van der Waals surface area contributed by atoms with Crippen molar-refractivity contribution in [3.8, 4) is 11.8 Å². The number of ether oxygens (including phenoxy) is 1. The van der Waals surface area contributed by atoms with Crippen LogP contribution in [0.2, 0.25) is 5.02 Å². The molecule has 2 aromatic heterocycles. The molecule has 3 aliphatic rings. The lowest BCUT2D eigenvalue weighted by Crippen LogP contribution is -2.47. The van der Waals surface area contributed by atoms with Gasteiger partial charge < -0.3 is 24.8 Å². The Morgan fingerprint density at radius 3 is 2.53 bits per heavy atom. The number of piperidine rings is 1. The molecule has 304 valence electrons. The van der Waals surface area contributed by atoms with E-state index in [1.165, 1.54) is 0 Å². The first kappa shape index (κ1) is 39.7. The number of halogens is 1. The highest BCUT2D eigenvalue weighted by atomic mass is 35.5. The van der Waals surface area contributed by atoms with Gasteiger partial charge in [-0.25, -0.2) is 0 Å². The van der Waals surface area contributed by atoms with E-state index in [0.717, 1.165) is 87.8 Å². The Morgan fingerprint density at radius 1 is 0.949 bits per heavy atom. The predicted octanol–water partition coefficient (Wildman–Crippen LogP) is 5.87. The van der Waals surface area contributed by atoms with Gasteiger partial charge in [-0.05, 0) is 99.3 Å². The van der Waals surface area contributed by atoms with Crippen molar-refractivity contribution in [3.05, 3.63) is 82.6 Å². The largest absolute Gasteiger partial charge is 0.490 e. The zero-order valence-corrected chi connectivity index (χ0v) is 33.2. The van der Waals surface area contributed by atoms with Crippen molar-refractivity contribution in [1.82, 2.24) is 30.9 Å². The number of fused-ring (bicyclic) bond motifs is 3. The molecule has 0 radical (unpaired) electrons. The van der Waals surface area contributed by atoms with Crippen LogP contribution in [-0.2, 0) is 14.4 Å². The summed E-state index contributed by atoms with van der Waals surface area (Å²) >= 11 is 6.14. The number of rotatable bonds is 12. The molecule has 4 amide bonds. The molecule has 1 saturated carbocycles. The molecule has 4 heterocycles. The Balaban J connectivity index is 0.748. The number of nitrogens with zero attached hydrogens (tertiary/aromatic N) is 6. The fourth-order valence-corrected chi connectivity index (χ4v) is 8.42. The lowest BCUT2D eigenvalue weighted by Gasteiger charge is -2.35. The predicted molar refractivity (Wildman–Crippen MR) is 220 cm³/mol. The number of carbonyl (C=O) groups is 4. The molecule has 15 nitrogen and oxygen atoms in total. The molecular formula is C43H44ClN9O6. The summed E-state index contributed by atoms with van der Waals surface area (Å²) in [6.45, 7) is 4.16. The lowest BCUT2D eigenvalue weighted by atomic mass is 9.91. The van der Waals surface area contributed by atoms with Crippen LogP contribution >= 0.6 is 11.6 Å². The number of hydrogen-bond donors (Lipinski definition) is 3. The number of amides is 4. The number of nitriles is 1. The molecule has 3 N–H and O–H groups in total. The first-order chi connectivity index (χ1) is 28.7. The second kappa shape index (κ2) is 17.8. The van der Waals surface area contributed by atoms with Crippen molar-refractivity contribution in [2.24, 2.45) is 0 Å². The van der Waals surface area contributed by atoms with Crippen molar-refractivity contribution in [1.29, 1.82) is 5.26 Å². The van der Waals surface area contributed by atoms with Crippen LogP contribution in [0.5, 0.6) is 5.75 Å². The average Bonchev–Trinajstić information content (AvgIpc) is 3.68. The Hall–Kier alpha value is -6.11. The van der Waals surface area contributed by atoms with Gasteiger partial charge in [0.25, 0.3) is 5.91 Å². The summed E-state index contributed by atoms with van der Waals surface area (Å²) < 4.78 is 11.6. The maximum Gasteiger partial charge on any atom is 0.272 e. The number of unbranched alkanes of at least 4 members (excludes halogenated alkanes) is 1. The summed E-state index contributed by atoms with van der Waals surface area (Å²) in [5.74, 6) is -0.192. The molecule has 5 aromatic rings. The third kappa shape index (κ3) is 9.14. The highest BCUT2D eigenvalue weighted by molar-refractivity contribution is 6.31. The van der Waals surface area contributed by atoms with Gasteiger partial charge in [0.15, 0.2) is 17.1 Å². The fraction of sp³-hybridized carbons (Fsp3) is 0.395. The lowest BCUT2D eigenvalue weighted by molar-refractivity contribution is -0.134. The van der Waals surface area contributed by atoms with Crippen molar-refractivity contribution in [2.45, 2.75) is 75.9 Å². The van der Waals surface area contributed by atoms with Gasteiger partial charge in [-0.3, -0.25) is 29.4 Å². The Kier molecular flexibility index (Phi) is 12.0. The van der Waals surface area contributed by atoms with E-state index in [1.807, 2.05) is 36.4 Å². The molecule has 1 aliphatic carbocycles. The van der Waals surface area contributed by atoms with Gasteiger partial charge in [0.05, 0.1) is 28.0 Å². The van der Waals surface area contributed by atoms with Gasteiger partial charge >= 0.3 is 0 Å². The maximum absolute atomic E-state index is 13.1. The van der Waals surface area contributed by atoms with E-state index in [-0.39, 0.29) is 47.9 Å². The monoisotopic (exact) mass is 817 g/mol.